The van der Waals surface area contributed by atoms with Gasteiger partial charge in [0.2, 0.25) is 0 Å². The number of morpholine rings is 1. The number of amides is 1. The molecule has 0 radical (unpaired) electrons. The number of aromatic nitrogens is 2. The molecule has 0 N–H and O–H groups in total. The minimum atomic E-state index is 0.0358. The first kappa shape index (κ1) is 14.4. The molecule has 1 atom stereocenters. The van der Waals surface area contributed by atoms with Gasteiger partial charge in [-0.05, 0) is 31.9 Å². The van der Waals surface area contributed by atoms with Crippen LogP contribution in [0.5, 0.6) is 0 Å². The zero-order valence-corrected chi connectivity index (χ0v) is 12.4. The second kappa shape index (κ2) is 6.49. The van der Waals surface area contributed by atoms with Crippen LogP contribution in [-0.2, 0) is 4.74 Å². The molecule has 1 amide bonds. The van der Waals surface area contributed by atoms with E-state index in [-0.39, 0.29) is 12.0 Å². The fraction of sp³-hybridized carbons (Fsp3) is 0.667. The van der Waals surface area contributed by atoms with Gasteiger partial charge in [-0.25, -0.2) is 0 Å². The number of ether oxygens (including phenoxy) is 1. The smallest absolute Gasteiger partial charge is 0.255 e. The van der Waals surface area contributed by atoms with Crippen molar-refractivity contribution < 1.29 is 9.53 Å². The molecule has 2 aliphatic rings. The van der Waals surface area contributed by atoms with Gasteiger partial charge in [0.05, 0.1) is 30.7 Å². The van der Waals surface area contributed by atoms with Crippen LogP contribution < -0.4 is 0 Å². The van der Waals surface area contributed by atoms with Gasteiger partial charge in [0, 0.05) is 26.2 Å². The quantitative estimate of drug-likeness (QED) is 0.797. The minimum Gasteiger partial charge on any atom is -0.374 e. The number of likely N-dealkylation sites (N-methyl/N-ethyl adjacent to an activating group) is 1. The Morgan fingerprint density at radius 1 is 1.43 bits per heavy atom. The topological polar surface area (TPSA) is 58.6 Å². The van der Waals surface area contributed by atoms with Crippen molar-refractivity contribution in [3.8, 4) is 0 Å². The van der Waals surface area contributed by atoms with Crippen LogP contribution in [-0.4, -0.2) is 71.8 Å². The van der Waals surface area contributed by atoms with Crippen molar-refractivity contribution in [2.75, 3.05) is 39.8 Å². The molecular formula is C15H22N4O2. The molecule has 1 aromatic rings. The highest BCUT2D eigenvalue weighted by atomic mass is 16.5. The Hall–Kier alpha value is -1.53. The Balaban J connectivity index is 1.66. The van der Waals surface area contributed by atoms with Crippen LogP contribution in [0.4, 0.5) is 0 Å². The van der Waals surface area contributed by atoms with Gasteiger partial charge in [-0.2, -0.15) is 10.2 Å². The number of carbonyl (C=O) groups is 1. The van der Waals surface area contributed by atoms with Crippen LogP contribution in [0, 0.1) is 5.92 Å². The van der Waals surface area contributed by atoms with E-state index in [1.54, 1.807) is 12.3 Å². The largest absolute Gasteiger partial charge is 0.374 e. The van der Waals surface area contributed by atoms with Gasteiger partial charge >= 0.3 is 0 Å². The summed E-state index contributed by atoms with van der Waals surface area (Å²) < 4.78 is 5.80. The van der Waals surface area contributed by atoms with Crippen LogP contribution in [0.3, 0.4) is 0 Å². The van der Waals surface area contributed by atoms with Crippen molar-refractivity contribution in [3.63, 3.8) is 0 Å². The highest BCUT2D eigenvalue weighted by Gasteiger charge is 2.30. The van der Waals surface area contributed by atoms with E-state index in [0.717, 1.165) is 26.2 Å². The summed E-state index contributed by atoms with van der Waals surface area (Å²) in [6, 6.07) is 1.73. The lowest BCUT2D eigenvalue weighted by atomic mass is 10.2. The Bertz CT molecular complexity index is 478. The summed E-state index contributed by atoms with van der Waals surface area (Å²) in [5.74, 6) is 0.693. The fourth-order valence-electron chi connectivity index (χ4n) is 2.68. The third kappa shape index (κ3) is 3.98. The van der Waals surface area contributed by atoms with Gasteiger partial charge < -0.3 is 14.5 Å². The average molecular weight is 290 g/mol. The van der Waals surface area contributed by atoms with E-state index in [4.69, 9.17) is 4.74 Å². The van der Waals surface area contributed by atoms with Gasteiger partial charge in [0.15, 0.2) is 0 Å². The first-order chi connectivity index (χ1) is 10.2. The Morgan fingerprint density at radius 2 is 2.29 bits per heavy atom. The van der Waals surface area contributed by atoms with Gasteiger partial charge in [-0.15, -0.1) is 0 Å². The number of rotatable bonds is 5. The summed E-state index contributed by atoms with van der Waals surface area (Å²) in [5.41, 5.74) is 0.606. The maximum atomic E-state index is 12.7. The van der Waals surface area contributed by atoms with Crippen LogP contribution in [0.2, 0.25) is 0 Å². The molecule has 1 aliphatic heterocycles. The molecule has 2 fully saturated rings. The molecule has 1 aliphatic carbocycles. The predicted molar refractivity (Wildman–Crippen MR) is 77.9 cm³/mol. The molecule has 114 valence electrons. The van der Waals surface area contributed by atoms with Crippen molar-refractivity contribution in [1.29, 1.82) is 0 Å². The Labute approximate surface area is 125 Å². The molecule has 1 aromatic heterocycles. The number of hydrogen-bond acceptors (Lipinski definition) is 5. The van der Waals surface area contributed by atoms with Crippen molar-refractivity contribution in [2.45, 2.75) is 18.9 Å². The van der Waals surface area contributed by atoms with E-state index in [0.29, 0.717) is 18.0 Å². The minimum absolute atomic E-state index is 0.0358. The lowest BCUT2D eigenvalue weighted by Crippen LogP contribution is -2.48. The molecule has 0 unspecified atom stereocenters. The van der Waals surface area contributed by atoms with Gasteiger partial charge in [-0.1, -0.05) is 0 Å². The predicted octanol–water partition coefficient (Wildman–Crippen LogP) is 0.659. The van der Waals surface area contributed by atoms with Crippen LogP contribution >= 0.6 is 0 Å². The molecule has 2 heterocycles. The van der Waals surface area contributed by atoms with Crippen molar-refractivity contribution >= 4 is 5.91 Å². The Kier molecular flexibility index (Phi) is 4.45. The lowest BCUT2D eigenvalue weighted by Gasteiger charge is -2.34. The second-order valence-corrected chi connectivity index (χ2v) is 6.04. The first-order valence-corrected chi connectivity index (χ1v) is 7.58. The van der Waals surface area contributed by atoms with Crippen LogP contribution in [0.1, 0.15) is 23.2 Å². The molecule has 21 heavy (non-hydrogen) atoms. The SMILES string of the molecule is CN1CCO[C@H](CN(CC2CC2)C(=O)c2ccnnc2)C1. The molecule has 1 saturated heterocycles. The third-order valence-electron chi connectivity index (χ3n) is 4.06. The second-order valence-electron chi connectivity index (χ2n) is 6.04. The van der Waals surface area contributed by atoms with E-state index in [2.05, 4.69) is 22.1 Å². The lowest BCUT2D eigenvalue weighted by molar-refractivity contribution is -0.0331. The molecule has 0 spiro atoms. The van der Waals surface area contributed by atoms with Crippen LogP contribution in [0.25, 0.3) is 0 Å². The normalized spacial score (nSPS) is 23.0. The number of hydrogen-bond donors (Lipinski definition) is 0. The fourth-order valence-corrected chi connectivity index (χ4v) is 2.68. The molecular weight excluding hydrogens is 268 g/mol. The van der Waals surface area contributed by atoms with E-state index in [9.17, 15) is 4.79 Å². The summed E-state index contributed by atoms with van der Waals surface area (Å²) in [6.45, 7) is 4.06. The van der Waals surface area contributed by atoms with Gasteiger partial charge in [-0.3, -0.25) is 4.79 Å². The van der Waals surface area contributed by atoms with Crippen molar-refractivity contribution in [1.82, 2.24) is 20.0 Å². The van der Waals surface area contributed by atoms with Crippen molar-refractivity contribution in [3.05, 3.63) is 24.0 Å². The number of nitrogens with zero attached hydrogens (tertiary/aromatic N) is 4. The zero-order valence-electron chi connectivity index (χ0n) is 12.4. The zero-order chi connectivity index (χ0) is 14.7. The summed E-state index contributed by atoms with van der Waals surface area (Å²) >= 11 is 0. The summed E-state index contributed by atoms with van der Waals surface area (Å²) in [6.07, 6.45) is 5.65. The van der Waals surface area contributed by atoms with Gasteiger partial charge in [0.25, 0.3) is 5.91 Å². The standard InChI is InChI=1S/C15H22N4O2/c1-18-6-7-21-14(10-18)11-19(9-12-2-3-12)15(20)13-4-5-16-17-8-13/h4-5,8,12,14H,2-3,6-7,9-11H2,1H3/t14-/m0/s1. The first-order valence-electron chi connectivity index (χ1n) is 7.58. The van der Waals surface area contributed by atoms with Crippen LogP contribution in [0.15, 0.2) is 18.5 Å². The molecule has 6 heteroatoms. The molecule has 0 bridgehead atoms. The average Bonchev–Trinajstić information content (AvgIpc) is 3.31. The molecule has 3 rings (SSSR count). The Morgan fingerprint density at radius 3 is 2.95 bits per heavy atom. The summed E-state index contributed by atoms with van der Waals surface area (Å²) in [7, 11) is 2.09. The van der Waals surface area contributed by atoms with E-state index in [1.165, 1.54) is 19.0 Å². The summed E-state index contributed by atoms with van der Waals surface area (Å²) in [4.78, 5) is 16.8. The van der Waals surface area contributed by atoms with E-state index in [1.807, 2.05) is 4.90 Å². The molecule has 1 saturated carbocycles. The molecule has 6 nitrogen and oxygen atoms in total. The maximum absolute atomic E-state index is 12.7. The van der Waals surface area contributed by atoms with Crippen molar-refractivity contribution in [2.24, 2.45) is 5.92 Å². The highest BCUT2D eigenvalue weighted by Crippen LogP contribution is 2.30. The van der Waals surface area contributed by atoms with Gasteiger partial charge in [0.1, 0.15) is 0 Å². The monoisotopic (exact) mass is 290 g/mol. The number of carbonyl (C=O) groups excluding carboxylic acids is 1. The molecule has 0 aromatic carbocycles. The van der Waals surface area contributed by atoms with E-state index >= 15 is 0 Å². The highest BCUT2D eigenvalue weighted by molar-refractivity contribution is 5.93. The third-order valence-corrected chi connectivity index (χ3v) is 4.06. The maximum Gasteiger partial charge on any atom is 0.255 e. The summed E-state index contributed by atoms with van der Waals surface area (Å²) in [5, 5.41) is 7.54. The van der Waals surface area contributed by atoms with E-state index < -0.39 is 0 Å².